The van der Waals surface area contributed by atoms with Crippen LogP contribution in [0.25, 0.3) is 0 Å². The van der Waals surface area contributed by atoms with Crippen LogP contribution in [0, 0.1) is 0 Å². The Morgan fingerprint density at radius 3 is 2.64 bits per heavy atom. The molecule has 0 spiro atoms. The zero-order chi connectivity index (χ0) is 18.4. The number of para-hydroxylation sites is 1. The van der Waals surface area contributed by atoms with E-state index in [0.29, 0.717) is 12.2 Å². The molecule has 0 saturated heterocycles. The zero-order valence-corrected chi connectivity index (χ0v) is 15.9. The van der Waals surface area contributed by atoms with Crippen LogP contribution in [0.4, 0.5) is 0 Å². The van der Waals surface area contributed by atoms with Crippen molar-refractivity contribution in [2.45, 2.75) is 52.0 Å². The smallest absolute Gasteiger partial charge is 0.271 e. The number of nitrogens with zero attached hydrogens (tertiary/aromatic N) is 2. The van der Waals surface area contributed by atoms with Gasteiger partial charge in [-0.05, 0) is 44.2 Å². The third kappa shape index (κ3) is 4.41. The molecule has 1 aromatic carbocycles. The van der Waals surface area contributed by atoms with Crippen LogP contribution in [0.2, 0.25) is 0 Å². The molecule has 0 bridgehead atoms. The number of carbonyl (C=O) groups is 1. The summed E-state index contributed by atoms with van der Waals surface area (Å²) in [7, 11) is 1.70. The van der Waals surface area contributed by atoms with Gasteiger partial charge in [0.15, 0.2) is 0 Å². The summed E-state index contributed by atoms with van der Waals surface area (Å²) in [6.45, 7) is 9.04. The molecule has 1 aromatic heterocycles. The largest absolute Gasteiger partial charge is 0.496 e. The molecule has 5 heteroatoms. The second kappa shape index (κ2) is 8.19. The first-order chi connectivity index (χ1) is 11.9. The van der Waals surface area contributed by atoms with Crippen molar-refractivity contribution in [3.8, 4) is 5.75 Å². The topological polar surface area (TPSA) is 56.2 Å². The second-order valence-electron chi connectivity index (χ2n) is 6.90. The molecule has 25 heavy (non-hydrogen) atoms. The van der Waals surface area contributed by atoms with Gasteiger partial charge in [0.2, 0.25) is 0 Å². The molecule has 2 aromatic rings. The van der Waals surface area contributed by atoms with Gasteiger partial charge in [-0.25, -0.2) is 0 Å². The second-order valence-corrected chi connectivity index (χ2v) is 6.90. The molecule has 1 unspecified atom stereocenters. The van der Waals surface area contributed by atoms with Crippen molar-refractivity contribution in [3.05, 3.63) is 47.8 Å². The normalized spacial score (nSPS) is 13.5. The molecule has 1 heterocycles. The number of amides is 1. The first kappa shape index (κ1) is 19.0. The number of carbonyl (C=O) groups excluding carboxylic acids is 1. The van der Waals surface area contributed by atoms with E-state index in [0.717, 1.165) is 18.6 Å². The van der Waals surface area contributed by atoms with Crippen molar-refractivity contribution in [1.29, 1.82) is 0 Å². The quantitative estimate of drug-likeness (QED) is 0.789. The van der Waals surface area contributed by atoms with E-state index in [-0.39, 0.29) is 17.4 Å². The number of benzene rings is 1. The van der Waals surface area contributed by atoms with Crippen molar-refractivity contribution >= 4 is 5.91 Å². The number of hydrogen-bond acceptors (Lipinski definition) is 3. The lowest BCUT2D eigenvalue weighted by Crippen LogP contribution is -2.31. The van der Waals surface area contributed by atoms with Crippen LogP contribution >= 0.6 is 0 Å². The number of nitrogens with one attached hydrogen (secondary N) is 1. The fraction of sp³-hybridized carbons (Fsp3) is 0.500. The average molecular weight is 343 g/mol. The van der Waals surface area contributed by atoms with Gasteiger partial charge in [0.25, 0.3) is 5.91 Å². The summed E-state index contributed by atoms with van der Waals surface area (Å²) in [5, 5.41) is 7.31. The fourth-order valence-corrected chi connectivity index (χ4v) is 2.93. The Morgan fingerprint density at radius 2 is 2.04 bits per heavy atom. The number of methoxy groups -OCH3 is 1. The van der Waals surface area contributed by atoms with Crippen LogP contribution in [0.5, 0.6) is 5.75 Å². The maximum atomic E-state index is 12.3. The van der Waals surface area contributed by atoms with E-state index in [4.69, 9.17) is 4.74 Å². The number of hydrogen-bond donors (Lipinski definition) is 1. The van der Waals surface area contributed by atoms with Gasteiger partial charge in [0.1, 0.15) is 11.4 Å². The molecule has 0 aliphatic rings. The summed E-state index contributed by atoms with van der Waals surface area (Å²) in [5.74, 6) is 0.770. The van der Waals surface area contributed by atoms with E-state index in [9.17, 15) is 4.79 Å². The first-order valence-corrected chi connectivity index (χ1v) is 8.88. The highest BCUT2D eigenvalue weighted by molar-refractivity contribution is 5.92. The van der Waals surface area contributed by atoms with Gasteiger partial charge in [-0.1, -0.05) is 32.0 Å². The predicted molar refractivity (Wildman–Crippen MR) is 100 cm³/mol. The van der Waals surface area contributed by atoms with Crippen molar-refractivity contribution in [2.24, 2.45) is 0 Å². The maximum Gasteiger partial charge on any atom is 0.271 e. The molecule has 0 saturated carbocycles. The Balaban J connectivity index is 2.01. The zero-order valence-electron chi connectivity index (χ0n) is 15.9. The number of rotatable bonds is 8. The monoisotopic (exact) mass is 343 g/mol. The van der Waals surface area contributed by atoms with Crippen LogP contribution in [0.1, 0.15) is 62.6 Å². The Morgan fingerprint density at radius 1 is 1.32 bits per heavy atom. The van der Waals surface area contributed by atoms with Crippen LogP contribution in [0.15, 0.2) is 36.5 Å². The summed E-state index contributed by atoms with van der Waals surface area (Å²) >= 11 is 0. The average Bonchev–Trinajstić information content (AvgIpc) is 3.12. The molecule has 0 fully saturated rings. The number of ether oxygens (including phenoxy) is 1. The van der Waals surface area contributed by atoms with Crippen LogP contribution in [0.3, 0.4) is 0 Å². The SMILES string of the molecule is CCC(C)(CCNC(=O)c1ccn(C(C)C)n1)c1ccccc1OC. The highest BCUT2D eigenvalue weighted by Crippen LogP contribution is 2.36. The fourth-order valence-electron chi connectivity index (χ4n) is 2.93. The van der Waals surface area contributed by atoms with Gasteiger partial charge in [0.05, 0.1) is 7.11 Å². The maximum absolute atomic E-state index is 12.3. The Hall–Kier alpha value is -2.30. The Kier molecular flexibility index (Phi) is 6.23. The molecule has 0 radical (unpaired) electrons. The lowest BCUT2D eigenvalue weighted by molar-refractivity contribution is 0.0944. The summed E-state index contributed by atoms with van der Waals surface area (Å²) in [4.78, 5) is 12.3. The van der Waals surface area contributed by atoms with Crippen LogP contribution in [-0.2, 0) is 5.41 Å². The Bertz CT molecular complexity index is 708. The predicted octanol–water partition coefficient (Wildman–Crippen LogP) is 3.96. The molecular formula is C20H29N3O2. The van der Waals surface area contributed by atoms with Crippen LogP contribution in [-0.4, -0.2) is 29.3 Å². The summed E-state index contributed by atoms with van der Waals surface area (Å²) < 4.78 is 7.31. The third-order valence-electron chi connectivity index (χ3n) is 4.87. The third-order valence-corrected chi connectivity index (χ3v) is 4.87. The minimum Gasteiger partial charge on any atom is -0.496 e. The molecule has 1 N–H and O–H groups in total. The van der Waals surface area contributed by atoms with Crippen molar-refractivity contribution in [3.63, 3.8) is 0 Å². The molecule has 0 aliphatic heterocycles. The highest BCUT2D eigenvalue weighted by Gasteiger charge is 2.27. The van der Waals surface area contributed by atoms with E-state index < -0.39 is 0 Å². The van der Waals surface area contributed by atoms with Crippen molar-refractivity contribution < 1.29 is 9.53 Å². The summed E-state index contributed by atoms with van der Waals surface area (Å²) in [6, 6.07) is 10.1. The standard InChI is InChI=1S/C20H29N3O2/c1-6-20(4,16-9-7-8-10-18(16)25-5)12-13-21-19(24)17-11-14-23(22-17)15(2)3/h7-11,14-15H,6,12-13H2,1-5H3,(H,21,24). The molecule has 5 nitrogen and oxygen atoms in total. The first-order valence-electron chi connectivity index (χ1n) is 8.88. The van der Waals surface area contributed by atoms with Gasteiger partial charge in [-0.15, -0.1) is 0 Å². The van der Waals surface area contributed by atoms with E-state index in [2.05, 4.69) is 30.3 Å². The Labute approximate surface area is 150 Å². The van der Waals surface area contributed by atoms with Crippen molar-refractivity contribution in [1.82, 2.24) is 15.1 Å². The molecule has 1 amide bonds. The highest BCUT2D eigenvalue weighted by atomic mass is 16.5. The van der Waals surface area contributed by atoms with Gasteiger partial charge < -0.3 is 10.1 Å². The van der Waals surface area contributed by atoms with Gasteiger partial charge in [-0.2, -0.15) is 5.10 Å². The van der Waals surface area contributed by atoms with Crippen LogP contribution < -0.4 is 10.1 Å². The van der Waals surface area contributed by atoms with Gasteiger partial charge >= 0.3 is 0 Å². The number of aromatic nitrogens is 2. The van der Waals surface area contributed by atoms with Gasteiger partial charge in [-0.3, -0.25) is 9.48 Å². The van der Waals surface area contributed by atoms with E-state index in [1.165, 1.54) is 5.56 Å². The van der Waals surface area contributed by atoms with E-state index in [1.807, 2.05) is 38.2 Å². The molecule has 1 atom stereocenters. The molecular weight excluding hydrogens is 314 g/mol. The van der Waals surface area contributed by atoms with E-state index in [1.54, 1.807) is 17.9 Å². The molecule has 0 aliphatic carbocycles. The van der Waals surface area contributed by atoms with Crippen molar-refractivity contribution in [2.75, 3.05) is 13.7 Å². The lowest BCUT2D eigenvalue weighted by Gasteiger charge is -2.30. The molecule has 2 rings (SSSR count). The summed E-state index contributed by atoms with van der Waals surface area (Å²) in [5.41, 5.74) is 1.58. The minimum absolute atomic E-state index is 0.0584. The lowest BCUT2D eigenvalue weighted by atomic mass is 9.77. The van der Waals surface area contributed by atoms with Gasteiger partial charge in [0, 0.05) is 24.3 Å². The van der Waals surface area contributed by atoms with E-state index >= 15 is 0 Å². The molecule has 136 valence electrons. The summed E-state index contributed by atoms with van der Waals surface area (Å²) in [6.07, 6.45) is 3.64. The minimum atomic E-state index is -0.127.